The monoisotopic (exact) mass is 344 g/mol. The van der Waals surface area contributed by atoms with Gasteiger partial charge in [-0.25, -0.2) is 4.39 Å². The maximum atomic E-state index is 13.4. The summed E-state index contributed by atoms with van der Waals surface area (Å²) in [6.45, 7) is 1.92. The van der Waals surface area contributed by atoms with E-state index in [1.54, 1.807) is 19.1 Å². The summed E-state index contributed by atoms with van der Waals surface area (Å²) in [6, 6.07) is 4.49. The van der Waals surface area contributed by atoms with E-state index in [0.29, 0.717) is 21.3 Å². The highest BCUT2D eigenvalue weighted by Gasteiger charge is 2.11. The Hall–Kier alpha value is -1.33. The Balaban J connectivity index is 2.50. The Morgan fingerprint density at radius 3 is 2.84 bits per heavy atom. The number of hydrogen-bond donors (Lipinski definition) is 1. The van der Waals surface area contributed by atoms with E-state index >= 15 is 0 Å². The molecule has 0 radical (unpaired) electrons. The second kappa shape index (κ2) is 5.35. The van der Waals surface area contributed by atoms with Crippen molar-refractivity contribution in [1.29, 1.82) is 0 Å². The first kappa shape index (κ1) is 14.1. The normalized spacial score (nSPS) is 10.7. The fourth-order valence-electron chi connectivity index (χ4n) is 1.71. The summed E-state index contributed by atoms with van der Waals surface area (Å²) in [5.74, 6) is -0.508. The van der Waals surface area contributed by atoms with Crippen LogP contribution in [0.2, 0.25) is 5.02 Å². The third-order valence-corrected chi connectivity index (χ3v) is 4.24. The average Bonchev–Trinajstić information content (AvgIpc) is 2.38. The lowest BCUT2D eigenvalue weighted by Crippen LogP contribution is -2.23. The zero-order valence-electron chi connectivity index (χ0n) is 10.1. The number of hydrogen-bond acceptors (Lipinski definition) is 2. The maximum absolute atomic E-state index is 13.4. The molecule has 0 aliphatic carbocycles. The average molecular weight is 346 g/mol. The van der Waals surface area contributed by atoms with Gasteiger partial charge in [-0.2, -0.15) is 0 Å². The van der Waals surface area contributed by atoms with Crippen molar-refractivity contribution in [3.8, 4) is 0 Å². The number of aromatic nitrogens is 1. The minimum atomic E-state index is -0.508. The first-order chi connectivity index (χ1) is 8.91. The highest BCUT2D eigenvalue weighted by atomic mass is 79.9. The van der Waals surface area contributed by atoms with Crippen LogP contribution in [0.15, 0.2) is 33.7 Å². The fourth-order valence-corrected chi connectivity index (χ4v) is 2.35. The smallest absolute Gasteiger partial charge is 0.265 e. The minimum absolute atomic E-state index is 0.0182. The van der Waals surface area contributed by atoms with Gasteiger partial charge in [-0.1, -0.05) is 23.7 Å². The van der Waals surface area contributed by atoms with Gasteiger partial charge in [0.2, 0.25) is 0 Å². The van der Waals surface area contributed by atoms with Gasteiger partial charge in [0.05, 0.1) is 21.7 Å². The summed E-state index contributed by atoms with van der Waals surface area (Å²) < 4.78 is 15.2. The van der Waals surface area contributed by atoms with Gasteiger partial charge >= 0.3 is 0 Å². The predicted molar refractivity (Wildman–Crippen MR) is 78.1 cm³/mol. The van der Waals surface area contributed by atoms with Crippen LogP contribution in [0.5, 0.6) is 0 Å². The third kappa shape index (κ3) is 2.67. The zero-order chi connectivity index (χ0) is 14.2. The van der Waals surface area contributed by atoms with Crippen molar-refractivity contribution in [2.75, 3.05) is 5.73 Å². The summed E-state index contributed by atoms with van der Waals surface area (Å²) in [4.78, 5) is 12.1. The van der Waals surface area contributed by atoms with E-state index in [1.165, 1.54) is 16.8 Å². The molecule has 0 bridgehead atoms. The lowest BCUT2D eigenvalue weighted by Gasteiger charge is -2.11. The fraction of sp³-hybridized carbons (Fsp3) is 0.154. The highest BCUT2D eigenvalue weighted by Crippen LogP contribution is 2.22. The van der Waals surface area contributed by atoms with Crippen molar-refractivity contribution in [3.63, 3.8) is 0 Å². The van der Waals surface area contributed by atoms with Gasteiger partial charge in [-0.15, -0.1) is 0 Å². The summed E-state index contributed by atoms with van der Waals surface area (Å²) in [6.07, 6.45) is 1.53. The highest BCUT2D eigenvalue weighted by molar-refractivity contribution is 9.10. The number of benzene rings is 1. The Labute approximate surface area is 122 Å². The van der Waals surface area contributed by atoms with E-state index in [4.69, 9.17) is 17.3 Å². The molecule has 3 nitrogen and oxygen atoms in total. The molecule has 2 N–H and O–H groups in total. The molecule has 100 valence electrons. The molecule has 2 aromatic rings. The van der Waals surface area contributed by atoms with E-state index in [1.807, 2.05) is 0 Å². The topological polar surface area (TPSA) is 48.0 Å². The molecule has 0 saturated carbocycles. The lowest BCUT2D eigenvalue weighted by molar-refractivity contribution is 0.623. The molecule has 1 heterocycles. The predicted octanol–water partition coefficient (Wildman–Crippen LogP) is 3.34. The second-order valence-corrected chi connectivity index (χ2v) is 5.34. The molecule has 0 spiro atoms. The van der Waals surface area contributed by atoms with Crippen molar-refractivity contribution in [2.45, 2.75) is 13.5 Å². The maximum Gasteiger partial charge on any atom is 0.265 e. The number of rotatable bonds is 2. The van der Waals surface area contributed by atoms with Gasteiger partial charge in [0, 0.05) is 6.20 Å². The van der Waals surface area contributed by atoms with E-state index in [-0.39, 0.29) is 17.1 Å². The number of nitrogen functional groups attached to an aromatic ring is 1. The summed E-state index contributed by atoms with van der Waals surface area (Å²) >= 11 is 9.08. The molecule has 0 fully saturated rings. The Morgan fingerprint density at radius 1 is 1.47 bits per heavy atom. The Morgan fingerprint density at radius 2 is 2.16 bits per heavy atom. The van der Waals surface area contributed by atoms with Crippen LogP contribution >= 0.6 is 27.5 Å². The number of pyridine rings is 1. The molecule has 0 atom stereocenters. The van der Waals surface area contributed by atoms with Gasteiger partial charge in [0.25, 0.3) is 5.56 Å². The number of anilines is 1. The zero-order valence-corrected chi connectivity index (χ0v) is 12.4. The van der Waals surface area contributed by atoms with Crippen LogP contribution in [0.4, 0.5) is 10.1 Å². The lowest BCUT2D eigenvalue weighted by atomic mass is 10.2. The van der Waals surface area contributed by atoms with E-state index in [2.05, 4.69) is 15.9 Å². The largest absolute Gasteiger partial charge is 0.397 e. The van der Waals surface area contributed by atoms with Crippen molar-refractivity contribution >= 4 is 33.2 Å². The van der Waals surface area contributed by atoms with Crippen LogP contribution in [-0.2, 0) is 6.54 Å². The quantitative estimate of drug-likeness (QED) is 0.907. The molecule has 0 unspecified atom stereocenters. The first-order valence-electron chi connectivity index (χ1n) is 5.49. The van der Waals surface area contributed by atoms with Crippen molar-refractivity contribution < 1.29 is 4.39 Å². The summed E-state index contributed by atoms with van der Waals surface area (Å²) in [7, 11) is 0. The number of halogens is 3. The van der Waals surface area contributed by atoms with Crippen molar-refractivity contribution in [1.82, 2.24) is 4.57 Å². The molecule has 19 heavy (non-hydrogen) atoms. The van der Waals surface area contributed by atoms with Gasteiger partial charge in [-0.05, 0) is 40.0 Å². The molecular formula is C13H11BrClFN2O. The minimum Gasteiger partial charge on any atom is -0.397 e. The standard InChI is InChI=1S/C13H11BrClFN2O/c1-7-10(17)6-18(13(19)11(7)14)5-8-3-2-4-9(16)12(8)15/h2-4,6H,5,17H2,1H3. The SMILES string of the molecule is Cc1c(N)cn(Cc2cccc(F)c2Cl)c(=O)c1Br. The van der Waals surface area contributed by atoms with Crippen molar-refractivity contribution in [3.05, 3.63) is 61.2 Å². The molecule has 2 rings (SSSR count). The molecular weight excluding hydrogens is 335 g/mol. The van der Waals surface area contributed by atoms with Gasteiger partial charge < -0.3 is 10.3 Å². The van der Waals surface area contributed by atoms with Crippen LogP contribution in [0, 0.1) is 12.7 Å². The Kier molecular flexibility index (Phi) is 3.96. The second-order valence-electron chi connectivity index (χ2n) is 4.17. The van der Waals surface area contributed by atoms with Crippen LogP contribution in [0.25, 0.3) is 0 Å². The van der Waals surface area contributed by atoms with Gasteiger partial charge in [0.1, 0.15) is 5.82 Å². The van der Waals surface area contributed by atoms with E-state index in [9.17, 15) is 9.18 Å². The number of nitrogens with zero attached hydrogens (tertiary/aromatic N) is 1. The number of nitrogens with two attached hydrogens (primary N) is 1. The Bertz CT molecular complexity index is 700. The van der Waals surface area contributed by atoms with Crippen LogP contribution in [-0.4, -0.2) is 4.57 Å². The molecule has 0 amide bonds. The van der Waals surface area contributed by atoms with Gasteiger partial charge in [0.15, 0.2) is 0 Å². The third-order valence-electron chi connectivity index (χ3n) is 2.88. The van der Waals surface area contributed by atoms with E-state index in [0.717, 1.165) is 0 Å². The molecule has 1 aromatic carbocycles. The molecule has 1 aromatic heterocycles. The summed E-state index contributed by atoms with van der Waals surface area (Å²) in [5.41, 5.74) is 7.28. The van der Waals surface area contributed by atoms with Crippen LogP contribution in [0.3, 0.4) is 0 Å². The van der Waals surface area contributed by atoms with Crippen molar-refractivity contribution in [2.24, 2.45) is 0 Å². The molecule has 0 aliphatic rings. The summed E-state index contributed by atoms with van der Waals surface area (Å²) in [5, 5.41) is 0.0182. The molecule has 6 heteroatoms. The van der Waals surface area contributed by atoms with Crippen LogP contribution in [0.1, 0.15) is 11.1 Å². The molecule has 0 aliphatic heterocycles. The first-order valence-corrected chi connectivity index (χ1v) is 6.66. The van der Waals surface area contributed by atoms with E-state index < -0.39 is 5.82 Å². The molecule has 0 saturated heterocycles. The van der Waals surface area contributed by atoms with Crippen LogP contribution < -0.4 is 11.3 Å². The van der Waals surface area contributed by atoms with Gasteiger partial charge in [-0.3, -0.25) is 4.79 Å².